The minimum atomic E-state index is 0.261. The molecule has 0 amide bonds. The maximum Gasteiger partial charge on any atom is 0.113 e. The normalized spacial score (nSPS) is 13.0. The first-order chi connectivity index (χ1) is 10.4. The van der Waals surface area contributed by atoms with E-state index in [2.05, 4.69) is 59.1 Å². The maximum atomic E-state index is 4.30. The molecule has 0 fully saturated rings. The smallest absolute Gasteiger partial charge is 0.113 e. The number of hydrogen-bond acceptors (Lipinski definition) is 3. The van der Waals surface area contributed by atoms with E-state index >= 15 is 0 Å². The van der Waals surface area contributed by atoms with Gasteiger partial charge in [0.05, 0.1) is 5.52 Å². The average molecular weight is 295 g/mol. The van der Waals surface area contributed by atoms with E-state index in [1.165, 1.54) is 5.56 Å². The van der Waals surface area contributed by atoms with E-state index in [9.17, 15) is 0 Å². The Kier molecular flexibility index (Phi) is 4.36. The Labute approximate surface area is 128 Å². The van der Waals surface area contributed by atoms with Gasteiger partial charge in [0.15, 0.2) is 0 Å². The number of benzene rings is 2. The van der Waals surface area contributed by atoms with Crippen LogP contribution in [0.4, 0.5) is 0 Å². The molecule has 0 saturated heterocycles. The highest BCUT2D eigenvalue weighted by molar-refractivity contribution is 7.98. The van der Waals surface area contributed by atoms with Crippen LogP contribution < -0.4 is 0 Å². The lowest BCUT2D eigenvalue weighted by molar-refractivity contribution is 0.600. The number of thioether (sulfide) groups is 1. The molecule has 0 N–H and O–H groups in total. The first-order valence-electron chi connectivity index (χ1n) is 6.93. The summed E-state index contributed by atoms with van der Waals surface area (Å²) in [6.45, 7) is 0. The van der Waals surface area contributed by atoms with Gasteiger partial charge in [0.2, 0.25) is 0 Å². The van der Waals surface area contributed by atoms with Gasteiger partial charge in [-0.3, -0.25) is 0 Å². The summed E-state index contributed by atoms with van der Waals surface area (Å²) in [6, 6.07) is 18.4. The lowest BCUT2D eigenvalue weighted by Crippen LogP contribution is -2.06. The van der Waals surface area contributed by atoms with E-state index in [1.807, 2.05) is 28.9 Å². The standard InChI is InChI=1S/C17H17N3S/c1-21-17(13-7-10-14-8-3-2-4-9-14)20-16-12-6-5-11-15(16)18-19-20/h2-12,17H,13H2,1H3. The van der Waals surface area contributed by atoms with Crippen LogP contribution >= 0.6 is 11.8 Å². The topological polar surface area (TPSA) is 30.7 Å². The monoisotopic (exact) mass is 295 g/mol. The second-order valence-electron chi connectivity index (χ2n) is 4.76. The Bertz CT molecular complexity index is 734. The van der Waals surface area contributed by atoms with Gasteiger partial charge in [-0.1, -0.05) is 59.8 Å². The van der Waals surface area contributed by atoms with E-state index < -0.39 is 0 Å². The molecule has 2 aromatic carbocycles. The number of allylic oxidation sites excluding steroid dienone is 1. The largest absolute Gasteiger partial charge is 0.231 e. The van der Waals surface area contributed by atoms with Crippen LogP contribution in [0.1, 0.15) is 17.4 Å². The second-order valence-corrected chi connectivity index (χ2v) is 5.78. The van der Waals surface area contributed by atoms with E-state index in [4.69, 9.17) is 0 Å². The molecule has 1 aromatic heterocycles. The number of nitrogens with zero attached hydrogens (tertiary/aromatic N) is 3. The van der Waals surface area contributed by atoms with E-state index in [1.54, 1.807) is 11.8 Å². The van der Waals surface area contributed by atoms with Gasteiger partial charge in [-0.15, -0.1) is 16.9 Å². The van der Waals surface area contributed by atoms with Gasteiger partial charge in [0, 0.05) is 0 Å². The highest BCUT2D eigenvalue weighted by atomic mass is 32.2. The molecule has 4 heteroatoms. The summed E-state index contributed by atoms with van der Waals surface area (Å²) in [5, 5.41) is 8.79. The number of rotatable bonds is 5. The molecule has 3 aromatic rings. The van der Waals surface area contributed by atoms with E-state index in [0.717, 1.165) is 17.5 Å². The molecule has 0 radical (unpaired) electrons. The summed E-state index contributed by atoms with van der Waals surface area (Å²) in [4.78, 5) is 0. The van der Waals surface area contributed by atoms with Gasteiger partial charge in [0.1, 0.15) is 10.9 Å². The van der Waals surface area contributed by atoms with Crippen molar-refractivity contribution in [2.24, 2.45) is 0 Å². The summed E-state index contributed by atoms with van der Waals surface area (Å²) in [5.74, 6) is 0. The van der Waals surface area contributed by atoms with Gasteiger partial charge >= 0.3 is 0 Å². The van der Waals surface area contributed by atoms with Crippen LogP contribution in [-0.2, 0) is 0 Å². The first-order valence-corrected chi connectivity index (χ1v) is 8.21. The first kappa shape index (κ1) is 13.9. The molecule has 1 unspecified atom stereocenters. The molecule has 3 nitrogen and oxygen atoms in total. The zero-order valence-corrected chi connectivity index (χ0v) is 12.7. The fraction of sp³-hybridized carbons (Fsp3) is 0.176. The summed E-state index contributed by atoms with van der Waals surface area (Å²) in [6.07, 6.45) is 7.39. The molecule has 0 spiro atoms. The molecule has 0 aliphatic carbocycles. The van der Waals surface area contributed by atoms with Crippen LogP contribution in [0.3, 0.4) is 0 Å². The molecule has 21 heavy (non-hydrogen) atoms. The van der Waals surface area contributed by atoms with Crippen molar-refractivity contribution < 1.29 is 0 Å². The zero-order valence-electron chi connectivity index (χ0n) is 11.9. The fourth-order valence-corrected chi connectivity index (χ4v) is 2.94. The lowest BCUT2D eigenvalue weighted by Gasteiger charge is -2.13. The average Bonchev–Trinajstić information content (AvgIpc) is 2.97. The summed E-state index contributed by atoms with van der Waals surface area (Å²) < 4.78 is 2.01. The Hall–Kier alpha value is -2.07. The van der Waals surface area contributed by atoms with Gasteiger partial charge in [-0.2, -0.15) is 0 Å². The Balaban J connectivity index is 1.78. The number of aromatic nitrogens is 3. The Morgan fingerprint density at radius 1 is 1.10 bits per heavy atom. The van der Waals surface area contributed by atoms with Crippen molar-refractivity contribution in [2.75, 3.05) is 6.26 Å². The number of para-hydroxylation sites is 1. The van der Waals surface area contributed by atoms with Crippen LogP contribution in [-0.4, -0.2) is 21.2 Å². The molecule has 0 saturated carbocycles. The Morgan fingerprint density at radius 3 is 2.67 bits per heavy atom. The van der Waals surface area contributed by atoms with Crippen molar-refractivity contribution in [1.29, 1.82) is 0 Å². The van der Waals surface area contributed by atoms with Gasteiger partial charge in [0.25, 0.3) is 0 Å². The highest BCUT2D eigenvalue weighted by Gasteiger charge is 2.12. The molecular formula is C17H17N3S. The van der Waals surface area contributed by atoms with E-state index in [0.29, 0.717) is 0 Å². The molecule has 106 valence electrons. The molecule has 3 rings (SSSR count). The van der Waals surface area contributed by atoms with Crippen LogP contribution in [0.2, 0.25) is 0 Å². The second kappa shape index (κ2) is 6.59. The summed E-state index contributed by atoms with van der Waals surface area (Å²) in [5.41, 5.74) is 3.26. The van der Waals surface area contributed by atoms with Gasteiger partial charge in [-0.05, 0) is 30.4 Å². The van der Waals surface area contributed by atoms with Gasteiger partial charge in [-0.25, -0.2) is 4.68 Å². The zero-order chi connectivity index (χ0) is 14.5. The Morgan fingerprint density at radius 2 is 1.86 bits per heavy atom. The van der Waals surface area contributed by atoms with Crippen molar-refractivity contribution in [3.8, 4) is 0 Å². The minimum absolute atomic E-state index is 0.261. The highest BCUT2D eigenvalue weighted by Crippen LogP contribution is 2.27. The third-order valence-corrected chi connectivity index (χ3v) is 4.31. The lowest BCUT2D eigenvalue weighted by atomic mass is 10.2. The molecule has 1 heterocycles. The third kappa shape index (κ3) is 3.16. The summed E-state index contributed by atoms with van der Waals surface area (Å²) >= 11 is 1.79. The maximum absolute atomic E-state index is 4.30. The molecule has 1 atom stereocenters. The fourth-order valence-electron chi connectivity index (χ4n) is 2.28. The van der Waals surface area contributed by atoms with Crippen molar-refractivity contribution in [3.63, 3.8) is 0 Å². The molecule has 0 aliphatic rings. The van der Waals surface area contributed by atoms with Crippen LogP contribution in [0, 0.1) is 0 Å². The molecule has 0 aliphatic heterocycles. The van der Waals surface area contributed by atoms with Crippen LogP contribution in [0.15, 0.2) is 60.7 Å². The molecular weight excluding hydrogens is 278 g/mol. The van der Waals surface area contributed by atoms with Gasteiger partial charge < -0.3 is 0 Å². The van der Waals surface area contributed by atoms with Crippen molar-refractivity contribution in [3.05, 3.63) is 66.2 Å². The summed E-state index contributed by atoms with van der Waals surface area (Å²) in [7, 11) is 0. The SMILES string of the molecule is CSC(CC=Cc1ccccc1)n1nnc2ccccc21. The minimum Gasteiger partial charge on any atom is -0.231 e. The molecule has 0 bridgehead atoms. The van der Waals surface area contributed by atoms with Crippen LogP contribution in [0.5, 0.6) is 0 Å². The third-order valence-electron chi connectivity index (χ3n) is 3.37. The number of hydrogen-bond donors (Lipinski definition) is 0. The quantitative estimate of drug-likeness (QED) is 0.699. The van der Waals surface area contributed by atoms with Crippen LogP contribution in [0.25, 0.3) is 17.1 Å². The van der Waals surface area contributed by atoms with Crippen molar-refractivity contribution in [2.45, 2.75) is 11.8 Å². The van der Waals surface area contributed by atoms with Crippen molar-refractivity contribution in [1.82, 2.24) is 15.0 Å². The predicted octanol–water partition coefficient (Wildman–Crippen LogP) is 4.40. The predicted molar refractivity (Wildman–Crippen MR) is 90.2 cm³/mol. The van der Waals surface area contributed by atoms with Crippen molar-refractivity contribution >= 4 is 28.9 Å². The number of fused-ring (bicyclic) bond motifs is 1. The van der Waals surface area contributed by atoms with E-state index in [-0.39, 0.29) is 5.37 Å².